The molecule has 0 atom stereocenters. The molecule has 0 unspecified atom stereocenters. The van der Waals surface area contributed by atoms with E-state index in [-0.39, 0.29) is 30.6 Å². The Bertz CT molecular complexity index is 974. The largest absolute Gasteiger partial charge is 0.573 e. The number of rotatable bonds is 8. The van der Waals surface area contributed by atoms with Gasteiger partial charge in [-0.1, -0.05) is 22.0 Å². The van der Waals surface area contributed by atoms with Crippen LogP contribution in [-0.2, 0) is 19.4 Å². The van der Waals surface area contributed by atoms with Gasteiger partial charge >= 0.3 is 6.36 Å². The minimum atomic E-state index is -4.71. The second-order valence-electron chi connectivity index (χ2n) is 9.07. The maximum atomic E-state index is 12.7. The molecular formula is C24H33BrCl2F3N5O. The van der Waals surface area contributed by atoms with E-state index < -0.39 is 6.36 Å². The molecule has 1 heterocycles. The number of ether oxygens (including phenoxy) is 1. The Labute approximate surface area is 230 Å². The molecular weight excluding hydrogens is 582 g/mol. The first kappa shape index (κ1) is 30.7. The number of hydrogen-bond donors (Lipinski definition) is 3. The molecule has 0 aliphatic heterocycles. The summed E-state index contributed by atoms with van der Waals surface area (Å²) in [5.41, 5.74) is 2.90. The van der Waals surface area contributed by atoms with Crippen molar-refractivity contribution in [2.45, 2.75) is 70.3 Å². The van der Waals surface area contributed by atoms with Crippen molar-refractivity contribution in [3.8, 4) is 5.75 Å². The normalized spacial score (nSPS) is 19.4. The first-order chi connectivity index (χ1) is 16.3. The fourth-order valence-corrected chi connectivity index (χ4v) is 5.20. The molecule has 12 heteroatoms. The fourth-order valence-electron chi connectivity index (χ4n) is 4.86. The number of alkyl halides is 3. The predicted octanol–water partition coefficient (Wildman–Crippen LogP) is 6.66. The van der Waals surface area contributed by atoms with E-state index in [0.717, 1.165) is 56.6 Å². The van der Waals surface area contributed by atoms with Gasteiger partial charge in [-0.25, -0.2) is 4.98 Å². The van der Waals surface area contributed by atoms with Crippen LogP contribution in [0.3, 0.4) is 0 Å². The summed E-state index contributed by atoms with van der Waals surface area (Å²) in [6.45, 7) is 1.08. The zero-order valence-electron chi connectivity index (χ0n) is 20.1. The van der Waals surface area contributed by atoms with Gasteiger partial charge in [-0.3, -0.25) is 0 Å². The molecule has 1 fully saturated rings. The minimum absolute atomic E-state index is 0. The quantitative estimate of drug-likeness (QED) is 0.309. The third-order valence-corrected chi connectivity index (χ3v) is 7.10. The van der Waals surface area contributed by atoms with Crippen LogP contribution in [0.25, 0.3) is 0 Å². The Hall–Kier alpha value is -1.49. The molecule has 1 saturated carbocycles. The number of halogens is 6. The third-order valence-electron chi connectivity index (χ3n) is 6.60. The number of fused-ring (bicyclic) bond motifs is 1. The number of aromatic nitrogens is 2. The van der Waals surface area contributed by atoms with Gasteiger partial charge in [0, 0.05) is 35.2 Å². The Kier molecular flexibility index (Phi) is 11.9. The van der Waals surface area contributed by atoms with Crippen molar-refractivity contribution in [3.63, 3.8) is 0 Å². The van der Waals surface area contributed by atoms with E-state index in [4.69, 9.17) is 9.97 Å². The molecule has 1 aromatic carbocycles. The highest BCUT2D eigenvalue weighted by Crippen LogP contribution is 2.31. The molecule has 3 N–H and O–H groups in total. The van der Waals surface area contributed by atoms with Crippen molar-refractivity contribution in [2.75, 3.05) is 24.2 Å². The standard InChI is InChI=1S/C24H31BrF3N5O.2ClH/c1-29-22-19-4-2-3-5-20(19)32-23(33-22)31-18-10-6-15(7-11-18)13-30-14-16-8-9-17(25)12-21(16)34-24(26,27)28;;/h8-9,12,15,18,30H,2-7,10-11,13-14H2,1H3,(H2,29,31,32,33);2*1H. The van der Waals surface area contributed by atoms with E-state index in [1.807, 2.05) is 7.05 Å². The zero-order valence-corrected chi connectivity index (χ0v) is 23.3. The van der Waals surface area contributed by atoms with Crippen LogP contribution in [0.1, 0.15) is 55.3 Å². The maximum Gasteiger partial charge on any atom is 0.573 e. The molecule has 6 nitrogen and oxygen atoms in total. The summed E-state index contributed by atoms with van der Waals surface area (Å²) in [7, 11) is 1.91. The Morgan fingerprint density at radius 1 is 1.06 bits per heavy atom. The monoisotopic (exact) mass is 613 g/mol. The van der Waals surface area contributed by atoms with Crippen LogP contribution in [0.2, 0.25) is 0 Å². The molecule has 4 rings (SSSR count). The Morgan fingerprint density at radius 3 is 2.47 bits per heavy atom. The van der Waals surface area contributed by atoms with Gasteiger partial charge in [0.1, 0.15) is 11.6 Å². The molecule has 0 radical (unpaired) electrons. The summed E-state index contributed by atoms with van der Waals surface area (Å²) >= 11 is 3.20. The predicted molar refractivity (Wildman–Crippen MR) is 145 cm³/mol. The third kappa shape index (κ3) is 8.53. The van der Waals surface area contributed by atoms with Crippen molar-refractivity contribution < 1.29 is 17.9 Å². The van der Waals surface area contributed by atoms with Crippen molar-refractivity contribution in [1.82, 2.24) is 15.3 Å². The van der Waals surface area contributed by atoms with E-state index >= 15 is 0 Å². The van der Waals surface area contributed by atoms with Crippen LogP contribution < -0.4 is 20.7 Å². The molecule has 0 spiro atoms. The lowest BCUT2D eigenvalue weighted by molar-refractivity contribution is -0.274. The highest BCUT2D eigenvalue weighted by Gasteiger charge is 2.32. The van der Waals surface area contributed by atoms with E-state index in [1.165, 1.54) is 24.5 Å². The first-order valence-electron chi connectivity index (χ1n) is 11.9. The number of benzene rings is 1. The maximum absolute atomic E-state index is 12.7. The number of nitrogens with zero attached hydrogens (tertiary/aromatic N) is 2. The number of aryl methyl sites for hydroxylation is 1. The lowest BCUT2D eigenvalue weighted by Gasteiger charge is -2.30. The summed E-state index contributed by atoms with van der Waals surface area (Å²) < 4.78 is 42.9. The van der Waals surface area contributed by atoms with Gasteiger partial charge in [0.2, 0.25) is 5.95 Å². The van der Waals surface area contributed by atoms with Gasteiger partial charge in [0.25, 0.3) is 0 Å². The van der Waals surface area contributed by atoms with Crippen molar-refractivity contribution in [3.05, 3.63) is 39.5 Å². The van der Waals surface area contributed by atoms with E-state index in [2.05, 4.69) is 36.6 Å². The summed E-state index contributed by atoms with van der Waals surface area (Å²) in [6, 6.07) is 5.06. The summed E-state index contributed by atoms with van der Waals surface area (Å²) in [5.74, 6) is 1.96. The zero-order chi connectivity index (χ0) is 24.1. The molecule has 2 aliphatic carbocycles. The molecule has 0 bridgehead atoms. The highest BCUT2D eigenvalue weighted by molar-refractivity contribution is 9.10. The smallest absolute Gasteiger partial charge is 0.405 e. The molecule has 202 valence electrons. The highest BCUT2D eigenvalue weighted by atomic mass is 79.9. The number of hydrogen-bond acceptors (Lipinski definition) is 6. The second-order valence-corrected chi connectivity index (χ2v) is 9.99. The molecule has 2 aromatic rings. The van der Waals surface area contributed by atoms with Gasteiger partial charge in [-0.05, 0) is 76.0 Å². The van der Waals surface area contributed by atoms with Gasteiger partial charge in [-0.15, -0.1) is 38.0 Å². The average molecular weight is 615 g/mol. The first-order valence-corrected chi connectivity index (χ1v) is 12.7. The molecule has 2 aliphatic rings. The Balaban J connectivity index is 0.00000228. The van der Waals surface area contributed by atoms with Gasteiger partial charge < -0.3 is 20.7 Å². The number of nitrogens with one attached hydrogen (secondary N) is 3. The topological polar surface area (TPSA) is 71.1 Å². The minimum Gasteiger partial charge on any atom is -0.405 e. The van der Waals surface area contributed by atoms with Crippen LogP contribution in [0, 0.1) is 5.92 Å². The van der Waals surface area contributed by atoms with Crippen LogP contribution in [0.4, 0.5) is 24.9 Å². The van der Waals surface area contributed by atoms with Crippen LogP contribution >= 0.6 is 40.7 Å². The van der Waals surface area contributed by atoms with Crippen molar-refractivity contribution >= 4 is 52.5 Å². The lowest BCUT2D eigenvalue weighted by Crippen LogP contribution is -2.32. The van der Waals surface area contributed by atoms with Gasteiger partial charge in [0.05, 0.1) is 5.69 Å². The average Bonchev–Trinajstić information content (AvgIpc) is 2.80. The lowest BCUT2D eigenvalue weighted by atomic mass is 9.86. The van der Waals surface area contributed by atoms with E-state index in [9.17, 15) is 13.2 Å². The van der Waals surface area contributed by atoms with Crippen LogP contribution in [0.5, 0.6) is 5.75 Å². The summed E-state index contributed by atoms with van der Waals surface area (Å²) in [6.07, 6.45) is 3.81. The molecule has 1 aromatic heterocycles. The van der Waals surface area contributed by atoms with Crippen LogP contribution in [-0.4, -0.2) is 36.0 Å². The SMILES string of the molecule is CNc1nc(NC2CCC(CNCc3ccc(Br)cc3OC(F)(F)F)CC2)nc2c1CCCC2.Cl.Cl. The summed E-state index contributed by atoms with van der Waals surface area (Å²) in [5, 5.41) is 10.1. The van der Waals surface area contributed by atoms with Crippen LogP contribution in [0.15, 0.2) is 22.7 Å². The Morgan fingerprint density at radius 2 is 1.78 bits per heavy atom. The fraction of sp³-hybridized carbons (Fsp3) is 0.583. The second kappa shape index (κ2) is 13.9. The molecule has 0 saturated heterocycles. The van der Waals surface area contributed by atoms with Gasteiger partial charge in [-0.2, -0.15) is 4.98 Å². The van der Waals surface area contributed by atoms with Crippen molar-refractivity contribution in [2.24, 2.45) is 5.92 Å². The van der Waals surface area contributed by atoms with Gasteiger partial charge in [0.15, 0.2) is 0 Å². The van der Waals surface area contributed by atoms with E-state index in [0.29, 0.717) is 34.5 Å². The van der Waals surface area contributed by atoms with E-state index in [1.54, 1.807) is 12.1 Å². The number of anilines is 2. The van der Waals surface area contributed by atoms with Crippen molar-refractivity contribution in [1.29, 1.82) is 0 Å². The molecule has 36 heavy (non-hydrogen) atoms. The summed E-state index contributed by atoms with van der Waals surface area (Å²) in [4.78, 5) is 9.49. The molecule has 0 amide bonds.